The maximum atomic E-state index is 12.8. The fourth-order valence-electron chi connectivity index (χ4n) is 3.49. The minimum atomic E-state index is -0.232. The van der Waals surface area contributed by atoms with Gasteiger partial charge in [-0.25, -0.2) is 0 Å². The Bertz CT molecular complexity index is 793. The quantitative estimate of drug-likeness (QED) is 0.909. The molecule has 3 rings (SSSR count). The minimum absolute atomic E-state index is 0.0535. The first kappa shape index (κ1) is 16.4. The zero-order valence-electron chi connectivity index (χ0n) is 14.1. The van der Waals surface area contributed by atoms with Crippen LogP contribution in [-0.4, -0.2) is 22.8 Å². The summed E-state index contributed by atoms with van der Waals surface area (Å²) >= 11 is 0. The smallest absolute Gasteiger partial charge is 0.253 e. The van der Waals surface area contributed by atoms with E-state index < -0.39 is 0 Å². The molecule has 0 unspecified atom stereocenters. The van der Waals surface area contributed by atoms with Crippen molar-refractivity contribution in [1.29, 1.82) is 0 Å². The number of nitrogens with zero attached hydrogens (tertiary/aromatic N) is 1. The lowest BCUT2D eigenvalue weighted by Crippen LogP contribution is -2.39. The van der Waals surface area contributed by atoms with E-state index in [9.17, 15) is 9.59 Å². The van der Waals surface area contributed by atoms with E-state index in [1.54, 1.807) is 6.20 Å². The molecule has 1 aromatic carbocycles. The monoisotopic (exact) mass is 325 g/mol. The summed E-state index contributed by atoms with van der Waals surface area (Å²) in [4.78, 5) is 28.4. The van der Waals surface area contributed by atoms with Gasteiger partial charge in [0.15, 0.2) is 0 Å². The highest BCUT2D eigenvalue weighted by atomic mass is 16.2. The van der Waals surface area contributed by atoms with Gasteiger partial charge in [0, 0.05) is 23.5 Å². The number of nitrogens with one attached hydrogen (secondary N) is 1. The van der Waals surface area contributed by atoms with Gasteiger partial charge in [0.1, 0.15) is 0 Å². The highest BCUT2D eigenvalue weighted by Gasteiger charge is 2.26. The van der Waals surface area contributed by atoms with E-state index in [4.69, 9.17) is 5.73 Å². The van der Waals surface area contributed by atoms with Crippen LogP contribution >= 0.6 is 0 Å². The first-order valence-electron chi connectivity index (χ1n) is 8.42. The summed E-state index contributed by atoms with van der Waals surface area (Å²) in [6, 6.07) is 5.99. The first-order valence-corrected chi connectivity index (χ1v) is 8.42. The molecule has 1 aromatic heterocycles. The van der Waals surface area contributed by atoms with E-state index in [1.165, 1.54) is 0 Å². The number of hydrogen-bond donors (Lipinski definition) is 2. The van der Waals surface area contributed by atoms with Crippen molar-refractivity contribution in [2.75, 3.05) is 0 Å². The van der Waals surface area contributed by atoms with E-state index in [0.29, 0.717) is 5.56 Å². The zero-order valence-corrected chi connectivity index (χ0v) is 14.1. The van der Waals surface area contributed by atoms with Crippen LogP contribution in [0, 0.1) is 19.8 Å². The van der Waals surface area contributed by atoms with Crippen molar-refractivity contribution in [1.82, 2.24) is 10.3 Å². The van der Waals surface area contributed by atoms with Crippen LogP contribution in [0.15, 0.2) is 24.4 Å². The summed E-state index contributed by atoms with van der Waals surface area (Å²) in [6.45, 7) is 4.01. The molecule has 1 heterocycles. The second kappa shape index (κ2) is 6.59. The number of primary amides is 1. The third-order valence-corrected chi connectivity index (χ3v) is 4.92. The lowest BCUT2D eigenvalue weighted by atomic mass is 9.85. The number of pyridine rings is 1. The van der Waals surface area contributed by atoms with Crippen LogP contribution in [0.4, 0.5) is 0 Å². The Morgan fingerprint density at radius 1 is 1.17 bits per heavy atom. The second-order valence-electron chi connectivity index (χ2n) is 6.76. The third-order valence-electron chi connectivity index (χ3n) is 4.92. The average Bonchev–Trinajstić information content (AvgIpc) is 2.55. The molecular weight excluding hydrogens is 302 g/mol. The van der Waals surface area contributed by atoms with Crippen molar-refractivity contribution in [2.45, 2.75) is 45.6 Å². The third kappa shape index (κ3) is 3.25. The van der Waals surface area contributed by atoms with Gasteiger partial charge in [-0.1, -0.05) is 0 Å². The maximum absolute atomic E-state index is 12.8. The fourth-order valence-corrected chi connectivity index (χ4v) is 3.49. The van der Waals surface area contributed by atoms with Gasteiger partial charge in [-0.05, 0) is 68.9 Å². The van der Waals surface area contributed by atoms with Gasteiger partial charge in [0.25, 0.3) is 5.91 Å². The predicted octanol–water partition coefficient (Wildman–Crippen LogP) is 2.63. The number of fused-ring (bicyclic) bond motifs is 1. The van der Waals surface area contributed by atoms with Crippen LogP contribution in [0.25, 0.3) is 10.9 Å². The first-order chi connectivity index (χ1) is 11.5. The molecule has 1 aliphatic carbocycles. The molecule has 3 N–H and O–H groups in total. The summed E-state index contributed by atoms with van der Waals surface area (Å²) in [5.74, 6) is -0.379. The average molecular weight is 325 g/mol. The van der Waals surface area contributed by atoms with Crippen LogP contribution in [0.5, 0.6) is 0 Å². The summed E-state index contributed by atoms with van der Waals surface area (Å²) < 4.78 is 0. The van der Waals surface area contributed by atoms with Gasteiger partial charge >= 0.3 is 0 Å². The van der Waals surface area contributed by atoms with Gasteiger partial charge in [-0.3, -0.25) is 14.6 Å². The van der Waals surface area contributed by atoms with E-state index in [0.717, 1.165) is 47.7 Å². The number of benzene rings is 1. The van der Waals surface area contributed by atoms with Gasteiger partial charge in [-0.2, -0.15) is 0 Å². The Kier molecular flexibility index (Phi) is 4.51. The Labute approximate surface area is 141 Å². The molecule has 1 fully saturated rings. The van der Waals surface area contributed by atoms with Crippen LogP contribution in [0.2, 0.25) is 0 Å². The molecule has 0 bridgehead atoms. The normalized spacial score (nSPS) is 20.8. The number of hydrogen-bond acceptors (Lipinski definition) is 3. The molecule has 5 nitrogen and oxygen atoms in total. The van der Waals surface area contributed by atoms with Gasteiger partial charge in [0.2, 0.25) is 5.91 Å². The lowest BCUT2D eigenvalue weighted by molar-refractivity contribution is -0.122. The van der Waals surface area contributed by atoms with Crippen LogP contribution in [0.1, 0.15) is 47.2 Å². The molecule has 0 atom stereocenters. The van der Waals surface area contributed by atoms with Crippen molar-refractivity contribution in [3.05, 3.63) is 41.1 Å². The van der Waals surface area contributed by atoms with Crippen LogP contribution in [0.3, 0.4) is 0 Å². The summed E-state index contributed by atoms with van der Waals surface area (Å²) in [7, 11) is 0. The van der Waals surface area contributed by atoms with Crippen molar-refractivity contribution < 1.29 is 9.59 Å². The molecule has 5 heteroatoms. The SMILES string of the molecule is Cc1cc(C(=O)NC2CCC(C(N)=O)CC2)c2nccc(C)c2c1. The van der Waals surface area contributed by atoms with Crippen molar-refractivity contribution in [2.24, 2.45) is 11.7 Å². The molecule has 0 saturated heterocycles. The Morgan fingerprint density at radius 2 is 1.88 bits per heavy atom. The summed E-state index contributed by atoms with van der Waals surface area (Å²) in [6.07, 6.45) is 4.80. The topological polar surface area (TPSA) is 85.1 Å². The summed E-state index contributed by atoms with van der Waals surface area (Å²) in [5.41, 5.74) is 8.87. The molecule has 24 heavy (non-hydrogen) atoms. The number of amides is 2. The van der Waals surface area contributed by atoms with Gasteiger partial charge in [0.05, 0.1) is 11.1 Å². The highest BCUT2D eigenvalue weighted by molar-refractivity contribution is 6.06. The van der Waals surface area contributed by atoms with Crippen molar-refractivity contribution in [3.8, 4) is 0 Å². The van der Waals surface area contributed by atoms with E-state index >= 15 is 0 Å². The molecule has 126 valence electrons. The van der Waals surface area contributed by atoms with Gasteiger partial charge in [-0.15, -0.1) is 0 Å². The maximum Gasteiger partial charge on any atom is 0.253 e. The summed E-state index contributed by atoms with van der Waals surface area (Å²) in [5, 5.41) is 4.12. The molecule has 2 amide bonds. The number of carbonyl (C=O) groups excluding carboxylic acids is 2. The van der Waals surface area contributed by atoms with Gasteiger partial charge < -0.3 is 11.1 Å². The van der Waals surface area contributed by atoms with E-state index in [1.807, 2.05) is 26.0 Å². The Hall–Kier alpha value is -2.43. The largest absolute Gasteiger partial charge is 0.369 e. The number of aromatic nitrogens is 1. The molecule has 1 saturated carbocycles. The second-order valence-corrected chi connectivity index (χ2v) is 6.76. The van der Waals surface area contributed by atoms with E-state index in [-0.39, 0.29) is 23.8 Å². The van der Waals surface area contributed by atoms with Crippen LogP contribution < -0.4 is 11.1 Å². The van der Waals surface area contributed by atoms with Crippen molar-refractivity contribution >= 4 is 22.7 Å². The molecule has 0 spiro atoms. The molecule has 0 aliphatic heterocycles. The predicted molar refractivity (Wildman–Crippen MR) is 93.6 cm³/mol. The molecule has 2 aromatic rings. The Morgan fingerprint density at radius 3 is 2.54 bits per heavy atom. The number of rotatable bonds is 3. The van der Waals surface area contributed by atoms with E-state index in [2.05, 4.69) is 16.4 Å². The van der Waals surface area contributed by atoms with Crippen LogP contribution in [-0.2, 0) is 4.79 Å². The van der Waals surface area contributed by atoms with Crippen molar-refractivity contribution in [3.63, 3.8) is 0 Å². The number of carbonyl (C=O) groups is 2. The lowest BCUT2D eigenvalue weighted by Gasteiger charge is -2.27. The highest BCUT2D eigenvalue weighted by Crippen LogP contribution is 2.26. The number of aryl methyl sites for hydroxylation is 2. The molecular formula is C19H23N3O2. The molecule has 0 radical (unpaired) electrons. The Balaban J connectivity index is 1.80. The molecule has 1 aliphatic rings. The zero-order chi connectivity index (χ0) is 17.3. The number of nitrogens with two attached hydrogens (primary N) is 1. The fraction of sp³-hybridized carbons (Fsp3) is 0.421. The minimum Gasteiger partial charge on any atom is -0.369 e. The standard InChI is InChI=1S/C19H23N3O2/c1-11-9-15-12(2)7-8-21-17(15)16(10-11)19(24)22-14-5-3-13(4-6-14)18(20)23/h7-10,13-14H,3-6H2,1-2H3,(H2,20,23)(H,22,24).